The highest BCUT2D eigenvalue weighted by Crippen LogP contribution is 2.18. The second-order valence-corrected chi connectivity index (χ2v) is 7.40. The van der Waals surface area contributed by atoms with Crippen molar-refractivity contribution in [1.82, 2.24) is 19.2 Å². The molecule has 1 aromatic heterocycles. The van der Waals surface area contributed by atoms with Gasteiger partial charge in [-0.1, -0.05) is 18.0 Å². The van der Waals surface area contributed by atoms with E-state index in [0.29, 0.717) is 6.54 Å². The van der Waals surface area contributed by atoms with Gasteiger partial charge in [-0.15, -0.1) is 12.4 Å². The number of nitrogens with zero attached hydrogens (tertiary/aromatic N) is 3. The molecule has 23 heavy (non-hydrogen) atoms. The number of morpholine rings is 1. The van der Waals surface area contributed by atoms with Gasteiger partial charge in [-0.25, -0.2) is 18.1 Å². The molecule has 134 valence electrons. The molecular weight excluding hydrogens is 363 g/mol. The van der Waals surface area contributed by atoms with Gasteiger partial charge in [-0.2, -0.15) is 0 Å². The summed E-state index contributed by atoms with van der Waals surface area (Å²) in [4.78, 5) is 6.20. The lowest BCUT2D eigenvalue weighted by atomic mass is 10.2. The van der Waals surface area contributed by atoms with Gasteiger partial charge >= 0.3 is 0 Å². The zero-order valence-corrected chi connectivity index (χ0v) is 15.6. The fourth-order valence-corrected chi connectivity index (χ4v) is 3.81. The summed E-state index contributed by atoms with van der Waals surface area (Å²) < 4.78 is 33.4. The van der Waals surface area contributed by atoms with Gasteiger partial charge in [0, 0.05) is 26.7 Å². The smallest absolute Gasteiger partial charge is 0.261 e. The lowest BCUT2D eigenvalue weighted by Crippen LogP contribution is -2.36. The van der Waals surface area contributed by atoms with E-state index in [-0.39, 0.29) is 22.6 Å². The molecule has 10 heteroatoms. The van der Waals surface area contributed by atoms with E-state index in [1.807, 2.05) is 0 Å². The van der Waals surface area contributed by atoms with Gasteiger partial charge in [0.05, 0.1) is 19.5 Å². The first kappa shape index (κ1) is 20.7. The summed E-state index contributed by atoms with van der Waals surface area (Å²) in [5, 5.41) is 0.0183. The Bertz CT molecular complexity index is 574. The molecule has 1 aliphatic rings. The molecule has 0 amide bonds. The van der Waals surface area contributed by atoms with Crippen LogP contribution >= 0.6 is 24.0 Å². The summed E-state index contributed by atoms with van der Waals surface area (Å²) in [5.41, 5.74) is 0. The number of sulfonamides is 1. The summed E-state index contributed by atoms with van der Waals surface area (Å²) >= 11 is 5.91. The monoisotopic (exact) mass is 386 g/mol. The molecule has 0 unspecified atom stereocenters. The van der Waals surface area contributed by atoms with Crippen molar-refractivity contribution in [3.8, 4) is 0 Å². The molecule has 0 radical (unpaired) electrons. The number of unbranched alkanes of at least 4 members (excludes halogenated alkanes) is 2. The number of nitrogens with one attached hydrogen (secondary N) is 1. The van der Waals surface area contributed by atoms with Gasteiger partial charge in [0.15, 0.2) is 0 Å². The Labute approximate surface area is 148 Å². The Morgan fingerprint density at radius 2 is 2.00 bits per heavy atom. The quantitative estimate of drug-likeness (QED) is 0.680. The van der Waals surface area contributed by atoms with E-state index in [9.17, 15) is 8.42 Å². The Morgan fingerprint density at radius 3 is 2.61 bits per heavy atom. The van der Waals surface area contributed by atoms with Crippen LogP contribution in [-0.2, 0) is 21.8 Å². The number of hydrogen-bond donors (Lipinski definition) is 1. The van der Waals surface area contributed by atoms with Crippen molar-refractivity contribution < 1.29 is 13.2 Å². The topological polar surface area (TPSA) is 76.5 Å². The zero-order chi connectivity index (χ0) is 16.0. The van der Waals surface area contributed by atoms with E-state index >= 15 is 0 Å². The first-order valence-corrected chi connectivity index (χ1v) is 9.33. The Morgan fingerprint density at radius 1 is 1.30 bits per heavy atom. The summed E-state index contributed by atoms with van der Waals surface area (Å²) in [6.07, 6.45) is 4.23. The summed E-state index contributed by atoms with van der Waals surface area (Å²) in [6, 6.07) is 0. The van der Waals surface area contributed by atoms with Crippen molar-refractivity contribution in [3.63, 3.8) is 0 Å². The Kier molecular flexibility index (Phi) is 8.81. The number of ether oxygens (including phenoxy) is 1. The maximum atomic E-state index is 12.1. The van der Waals surface area contributed by atoms with Crippen LogP contribution in [0.15, 0.2) is 11.4 Å². The maximum absolute atomic E-state index is 12.1. The lowest BCUT2D eigenvalue weighted by molar-refractivity contribution is 0.0371. The highest BCUT2D eigenvalue weighted by molar-refractivity contribution is 7.89. The molecule has 2 rings (SSSR count). The average Bonchev–Trinajstić information content (AvgIpc) is 2.84. The van der Waals surface area contributed by atoms with Gasteiger partial charge in [0.2, 0.25) is 5.03 Å². The SMILES string of the molecule is Cl.Cn1cnc(S(=O)(=O)NCCCCCN2CCOCC2)c1Cl. The van der Waals surface area contributed by atoms with Crippen molar-refractivity contribution in [3.05, 3.63) is 11.5 Å². The molecule has 0 bridgehead atoms. The molecule has 1 aliphatic heterocycles. The van der Waals surface area contributed by atoms with Crippen molar-refractivity contribution in [2.75, 3.05) is 39.4 Å². The fourth-order valence-electron chi connectivity index (χ4n) is 2.31. The highest BCUT2D eigenvalue weighted by atomic mass is 35.5. The lowest BCUT2D eigenvalue weighted by Gasteiger charge is -2.26. The summed E-state index contributed by atoms with van der Waals surface area (Å²) in [5.74, 6) is 0. The zero-order valence-electron chi connectivity index (χ0n) is 13.2. The minimum atomic E-state index is -3.62. The van der Waals surface area contributed by atoms with E-state index in [1.54, 1.807) is 7.05 Å². The molecule has 0 aromatic carbocycles. The van der Waals surface area contributed by atoms with E-state index < -0.39 is 10.0 Å². The molecule has 0 atom stereocenters. The van der Waals surface area contributed by atoms with Crippen LogP contribution in [0.5, 0.6) is 0 Å². The van der Waals surface area contributed by atoms with Crippen LogP contribution in [0, 0.1) is 0 Å². The van der Waals surface area contributed by atoms with Gasteiger partial charge in [-0.3, -0.25) is 4.90 Å². The number of hydrogen-bond acceptors (Lipinski definition) is 5. The number of rotatable bonds is 8. The molecule has 1 fully saturated rings. The normalized spacial score (nSPS) is 16.3. The molecule has 2 heterocycles. The Balaban J connectivity index is 0.00000264. The minimum Gasteiger partial charge on any atom is -0.379 e. The highest BCUT2D eigenvalue weighted by Gasteiger charge is 2.21. The van der Waals surface area contributed by atoms with Crippen LogP contribution in [0.2, 0.25) is 5.15 Å². The van der Waals surface area contributed by atoms with Crippen molar-refractivity contribution in [1.29, 1.82) is 0 Å². The number of aromatic nitrogens is 2. The average molecular weight is 387 g/mol. The van der Waals surface area contributed by atoms with Crippen LogP contribution in [0.25, 0.3) is 0 Å². The minimum absolute atomic E-state index is 0. The van der Waals surface area contributed by atoms with E-state index in [4.69, 9.17) is 16.3 Å². The second kappa shape index (κ2) is 9.80. The number of halogens is 2. The fraction of sp³-hybridized carbons (Fsp3) is 0.769. The van der Waals surface area contributed by atoms with Crippen molar-refractivity contribution >= 4 is 34.0 Å². The number of imidazole rings is 1. The number of aryl methyl sites for hydroxylation is 1. The Hall–Kier alpha value is -0.380. The van der Waals surface area contributed by atoms with Crippen LogP contribution in [-0.4, -0.2) is 62.3 Å². The van der Waals surface area contributed by atoms with Gasteiger partial charge in [-0.05, 0) is 19.4 Å². The summed E-state index contributed by atoms with van der Waals surface area (Å²) in [6.45, 7) is 5.05. The standard InChI is InChI=1S/C13H23ClN4O3S.ClH/c1-17-11-15-13(12(17)14)22(19,20)16-5-3-2-4-6-18-7-9-21-10-8-18;/h11,16H,2-10H2,1H3;1H. The largest absolute Gasteiger partial charge is 0.379 e. The van der Waals surface area contributed by atoms with Crippen LogP contribution in [0.3, 0.4) is 0 Å². The van der Waals surface area contributed by atoms with Gasteiger partial charge < -0.3 is 9.30 Å². The molecule has 0 spiro atoms. The van der Waals surface area contributed by atoms with Crippen LogP contribution < -0.4 is 4.72 Å². The van der Waals surface area contributed by atoms with Crippen LogP contribution in [0.4, 0.5) is 0 Å². The predicted molar refractivity (Wildman–Crippen MR) is 91.8 cm³/mol. The first-order chi connectivity index (χ1) is 10.5. The van der Waals surface area contributed by atoms with Crippen LogP contribution in [0.1, 0.15) is 19.3 Å². The molecule has 1 saturated heterocycles. The molecule has 7 nitrogen and oxygen atoms in total. The maximum Gasteiger partial charge on any atom is 0.261 e. The first-order valence-electron chi connectivity index (χ1n) is 7.47. The predicted octanol–water partition coefficient (Wildman–Crippen LogP) is 1.28. The molecule has 0 aliphatic carbocycles. The summed E-state index contributed by atoms with van der Waals surface area (Å²) in [7, 11) is -1.97. The third kappa shape index (κ3) is 6.21. The third-order valence-electron chi connectivity index (χ3n) is 3.64. The van der Waals surface area contributed by atoms with Crippen molar-refractivity contribution in [2.24, 2.45) is 7.05 Å². The van der Waals surface area contributed by atoms with E-state index in [2.05, 4.69) is 14.6 Å². The third-order valence-corrected chi connectivity index (χ3v) is 5.59. The molecular formula is C13H24Cl2N4O3S. The van der Waals surface area contributed by atoms with Crippen molar-refractivity contribution in [2.45, 2.75) is 24.3 Å². The van der Waals surface area contributed by atoms with E-state index in [0.717, 1.165) is 52.1 Å². The molecule has 0 saturated carbocycles. The molecule has 1 N–H and O–H groups in total. The van der Waals surface area contributed by atoms with E-state index in [1.165, 1.54) is 10.9 Å². The second-order valence-electron chi connectivity index (χ2n) is 5.36. The van der Waals surface area contributed by atoms with Gasteiger partial charge in [0.1, 0.15) is 5.15 Å². The van der Waals surface area contributed by atoms with Gasteiger partial charge in [0.25, 0.3) is 10.0 Å². The molecule has 1 aromatic rings.